The summed E-state index contributed by atoms with van der Waals surface area (Å²) in [5, 5.41) is 3.56. The van der Waals surface area contributed by atoms with E-state index in [4.69, 9.17) is 0 Å². The summed E-state index contributed by atoms with van der Waals surface area (Å²) in [5.41, 5.74) is 3.22. The molecule has 1 aromatic rings. The maximum atomic E-state index is 3.56. The van der Waals surface area contributed by atoms with Crippen molar-refractivity contribution in [2.75, 3.05) is 7.05 Å². The largest absolute Gasteiger partial charge is 0.313 e. The normalized spacial score (nSPS) is 22.9. The van der Waals surface area contributed by atoms with Gasteiger partial charge >= 0.3 is 0 Å². The molecule has 2 aliphatic rings. The van der Waals surface area contributed by atoms with Gasteiger partial charge in [-0.25, -0.2) is 0 Å². The first-order valence-corrected chi connectivity index (χ1v) is 7.16. The van der Waals surface area contributed by atoms with Crippen molar-refractivity contribution in [1.82, 2.24) is 5.32 Å². The Morgan fingerprint density at radius 2 is 1.76 bits per heavy atom. The van der Waals surface area contributed by atoms with Gasteiger partial charge in [-0.15, -0.1) is 0 Å². The minimum absolute atomic E-state index is 0.598. The average molecular weight is 229 g/mol. The van der Waals surface area contributed by atoms with E-state index in [9.17, 15) is 0 Å². The van der Waals surface area contributed by atoms with E-state index in [-0.39, 0.29) is 0 Å². The maximum absolute atomic E-state index is 3.56. The van der Waals surface area contributed by atoms with E-state index in [1.54, 1.807) is 11.1 Å². The summed E-state index contributed by atoms with van der Waals surface area (Å²) >= 11 is 0. The van der Waals surface area contributed by atoms with Gasteiger partial charge in [-0.1, -0.05) is 37.1 Å². The fourth-order valence-electron chi connectivity index (χ4n) is 3.30. The van der Waals surface area contributed by atoms with Crippen LogP contribution in [0.25, 0.3) is 0 Å². The Kier molecular flexibility index (Phi) is 3.19. The lowest BCUT2D eigenvalue weighted by Gasteiger charge is -2.37. The molecular weight excluding hydrogens is 206 g/mol. The summed E-state index contributed by atoms with van der Waals surface area (Å²) in [6.45, 7) is 0. The van der Waals surface area contributed by atoms with E-state index >= 15 is 0 Å². The fourth-order valence-corrected chi connectivity index (χ4v) is 3.30. The Hall–Kier alpha value is -0.820. The van der Waals surface area contributed by atoms with Crippen molar-refractivity contribution in [1.29, 1.82) is 0 Å². The molecule has 2 fully saturated rings. The highest BCUT2D eigenvalue weighted by Crippen LogP contribution is 2.43. The van der Waals surface area contributed by atoms with E-state index in [0.717, 1.165) is 11.8 Å². The Morgan fingerprint density at radius 3 is 2.29 bits per heavy atom. The van der Waals surface area contributed by atoms with Crippen LogP contribution in [0.5, 0.6) is 0 Å². The zero-order chi connectivity index (χ0) is 11.7. The molecule has 0 amide bonds. The van der Waals surface area contributed by atoms with Crippen LogP contribution in [0.1, 0.15) is 61.6 Å². The summed E-state index contributed by atoms with van der Waals surface area (Å²) in [6.07, 6.45) is 8.46. The molecule has 2 saturated carbocycles. The van der Waals surface area contributed by atoms with Crippen LogP contribution >= 0.6 is 0 Å². The SMILES string of the molecule is CNC(c1ccccc1C1CCC1)C1CCC1. The van der Waals surface area contributed by atoms with Crippen LogP contribution < -0.4 is 5.32 Å². The molecule has 1 aromatic carbocycles. The van der Waals surface area contributed by atoms with Crippen molar-refractivity contribution < 1.29 is 0 Å². The summed E-state index contributed by atoms with van der Waals surface area (Å²) in [4.78, 5) is 0. The molecule has 1 nitrogen and oxygen atoms in total. The molecule has 1 atom stereocenters. The Bertz CT molecular complexity index is 377. The van der Waals surface area contributed by atoms with Crippen LogP contribution in [0.15, 0.2) is 24.3 Å². The molecule has 1 heteroatoms. The van der Waals surface area contributed by atoms with Crippen LogP contribution in [0.3, 0.4) is 0 Å². The Balaban J connectivity index is 1.88. The highest BCUT2D eigenvalue weighted by atomic mass is 14.9. The van der Waals surface area contributed by atoms with Crippen LogP contribution in [-0.4, -0.2) is 7.05 Å². The van der Waals surface area contributed by atoms with Gasteiger partial charge in [0.15, 0.2) is 0 Å². The monoisotopic (exact) mass is 229 g/mol. The quantitative estimate of drug-likeness (QED) is 0.822. The van der Waals surface area contributed by atoms with Crippen molar-refractivity contribution in [3.8, 4) is 0 Å². The van der Waals surface area contributed by atoms with Gasteiger partial charge < -0.3 is 5.32 Å². The molecule has 2 aliphatic carbocycles. The first kappa shape index (κ1) is 11.3. The second-order valence-corrected chi connectivity index (χ2v) is 5.71. The third-order valence-electron chi connectivity index (χ3n) is 4.81. The van der Waals surface area contributed by atoms with E-state index in [0.29, 0.717) is 6.04 Å². The van der Waals surface area contributed by atoms with Crippen molar-refractivity contribution in [3.05, 3.63) is 35.4 Å². The second kappa shape index (κ2) is 4.81. The number of rotatable bonds is 4. The molecule has 0 radical (unpaired) electrons. The predicted octanol–water partition coefficient (Wildman–Crippen LogP) is 4.01. The molecule has 92 valence electrons. The minimum Gasteiger partial charge on any atom is -0.313 e. The number of hydrogen-bond donors (Lipinski definition) is 1. The van der Waals surface area contributed by atoms with Gasteiger partial charge in [0.25, 0.3) is 0 Å². The number of benzene rings is 1. The third-order valence-corrected chi connectivity index (χ3v) is 4.81. The lowest BCUT2D eigenvalue weighted by atomic mass is 9.72. The van der Waals surface area contributed by atoms with E-state index < -0.39 is 0 Å². The molecule has 1 unspecified atom stereocenters. The van der Waals surface area contributed by atoms with Crippen molar-refractivity contribution in [2.45, 2.75) is 50.5 Å². The predicted molar refractivity (Wildman–Crippen MR) is 72.2 cm³/mol. The van der Waals surface area contributed by atoms with Crippen molar-refractivity contribution >= 4 is 0 Å². The lowest BCUT2D eigenvalue weighted by molar-refractivity contribution is 0.237. The average Bonchev–Trinajstić information content (AvgIpc) is 2.22. The maximum Gasteiger partial charge on any atom is 0.0348 e. The van der Waals surface area contributed by atoms with Gasteiger partial charge in [-0.05, 0) is 55.7 Å². The highest BCUT2D eigenvalue weighted by molar-refractivity contribution is 5.34. The third kappa shape index (κ3) is 2.01. The van der Waals surface area contributed by atoms with Crippen LogP contribution in [-0.2, 0) is 0 Å². The molecule has 0 saturated heterocycles. The van der Waals surface area contributed by atoms with Gasteiger partial charge in [0.2, 0.25) is 0 Å². The van der Waals surface area contributed by atoms with Crippen molar-refractivity contribution in [3.63, 3.8) is 0 Å². The molecule has 0 spiro atoms. The summed E-state index contributed by atoms with van der Waals surface area (Å²) in [7, 11) is 2.13. The van der Waals surface area contributed by atoms with Gasteiger partial charge in [0.1, 0.15) is 0 Å². The molecule has 17 heavy (non-hydrogen) atoms. The van der Waals surface area contributed by atoms with Crippen LogP contribution in [0.2, 0.25) is 0 Å². The second-order valence-electron chi connectivity index (χ2n) is 5.71. The molecule has 0 heterocycles. The van der Waals surface area contributed by atoms with E-state index in [1.807, 2.05) is 0 Å². The van der Waals surface area contributed by atoms with Crippen molar-refractivity contribution in [2.24, 2.45) is 5.92 Å². The van der Waals surface area contributed by atoms with Gasteiger partial charge in [0.05, 0.1) is 0 Å². The Morgan fingerprint density at radius 1 is 1.06 bits per heavy atom. The molecular formula is C16H23N. The number of nitrogens with one attached hydrogen (secondary N) is 1. The number of hydrogen-bond acceptors (Lipinski definition) is 1. The summed E-state index contributed by atoms with van der Waals surface area (Å²) < 4.78 is 0. The zero-order valence-corrected chi connectivity index (χ0v) is 10.8. The summed E-state index contributed by atoms with van der Waals surface area (Å²) in [6, 6.07) is 9.74. The lowest BCUT2D eigenvalue weighted by Crippen LogP contribution is -2.31. The highest BCUT2D eigenvalue weighted by Gasteiger charge is 2.31. The standard InChI is InChI=1S/C16H23N/c1-17-16(13-8-5-9-13)15-11-3-2-10-14(15)12-6-4-7-12/h2-3,10-13,16-17H,4-9H2,1H3. The topological polar surface area (TPSA) is 12.0 Å². The first-order chi connectivity index (χ1) is 8.40. The van der Waals surface area contributed by atoms with E-state index in [2.05, 4.69) is 36.6 Å². The zero-order valence-electron chi connectivity index (χ0n) is 10.8. The minimum atomic E-state index is 0.598. The fraction of sp³-hybridized carbons (Fsp3) is 0.625. The van der Waals surface area contributed by atoms with Gasteiger partial charge in [-0.2, -0.15) is 0 Å². The smallest absolute Gasteiger partial charge is 0.0348 e. The molecule has 0 aromatic heterocycles. The summed E-state index contributed by atoms with van der Waals surface area (Å²) in [5.74, 6) is 1.73. The van der Waals surface area contributed by atoms with Crippen LogP contribution in [0.4, 0.5) is 0 Å². The Labute approximate surface area is 105 Å². The molecule has 0 aliphatic heterocycles. The molecule has 3 rings (SSSR count). The van der Waals surface area contributed by atoms with Crippen LogP contribution in [0, 0.1) is 5.92 Å². The van der Waals surface area contributed by atoms with Gasteiger partial charge in [-0.3, -0.25) is 0 Å². The van der Waals surface area contributed by atoms with Gasteiger partial charge in [0, 0.05) is 6.04 Å². The molecule has 0 bridgehead atoms. The van der Waals surface area contributed by atoms with E-state index in [1.165, 1.54) is 38.5 Å². The first-order valence-electron chi connectivity index (χ1n) is 7.16. The molecule has 1 N–H and O–H groups in total.